The molecule has 0 spiro atoms. The van der Waals surface area contributed by atoms with Gasteiger partial charge >= 0.3 is 0 Å². The van der Waals surface area contributed by atoms with Crippen LogP contribution in [0.1, 0.15) is 19.8 Å². The first-order valence-corrected chi connectivity index (χ1v) is 7.55. The molecule has 2 N–H and O–H groups in total. The molecule has 1 heterocycles. The Balaban J connectivity index is 1.77. The van der Waals surface area contributed by atoms with E-state index in [9.17, 15) is 0 Å². The fourth-order valence-electron chi connectivity index (χ4n) is 2.43. The van der Waals surface area contributed by atoms with Gasteiger partial charge in [0.1, 0.15) is 0 Å². The van der Waals surface area contributed by atoms with E-state index in [1.54, 1.807) is 0 Å². The van der Waals surface area contributed by atoms with Gasteiger partial charge in [-0.15, -0.1) is 0 Å². The number of hydrogen-bond acceptors (Lipinski definition) is 3. The molecule has 19 heavy (non-hydrogen) atoms. The summed E-state index contributed by atoms with van der Waals surface area (Å²) < 4.78 is 0. The summed E-state index contributed by atoms with van der Waals surface area (Å²) in [5.41, 5.74) is 7.25. The zero-order chi connectivity index (χ0) is 13.7. The lowest BCUT2D eigenvalue weighted by Crippen LogP contribution is -2.47. The Labute approximate surface area is 121 Å². The van der Waals surface area contributed by atoms with Crippen LogP contribution in [0.25, 0.3) is 0 Å². The van der Waals surface area contributed by atoms with E-state index in [1.807, 2.05) is 12.1 Å². The fourth-order valence-corrected chi connectivity index (χ4v) is 2.56. The van der Waals surface area contributed by atoms with Crippen molar-refractivity contribution in [3.8, 4) is 0 Å². The van der Waals surface area contributed by atoms with Crippen molar-refractivity contribution < 1.29 is 0 Å². The monoisotopic (exact) mass is 281 g/mol. The van der Waals surface area contributed by atoms with Crippen LogP contribution in [0.3, 0.4) is 0 Å². The second-order valence-corrected chi connectivity index (χ2v) is 5.70. The van der Waals surface area contributed by atoms with Gasteiger partial charge in [-0.2, -0.15) is 0 Å². The summed E-state index contributed by atoms with van der Waals surface area (Å²) >= 11 is 5.92. The maximum Gasteiger partial charge on any atom is 0.0407 e. The number of halogens is 1. The van der Waals surface area contributed by atoms with E-state index in [2.05, 4.69) is 28.9 Å². The van der Waals surface area contributed by atoms with Crippen LogP contribution in [-0.2, 0) is 0 Å². The van der Waals surface area contributed by atoms with Gasteiger partial charge in [-0.05, 0) is 43.7 Å². The minimum Gasteiger partial charge on any atom is -0.369 e. The molecule has 0 aromatic heterocycles. The van der Waals surface area contributed by atoms with E-state index in [-0.39, 0.29) is 0 Å². The summed E-state index contributed by atoms with van der Waals surface area (Å²) in [7, 11) is 0. The number of anilines is 1. The first-order valence-electron chi connectivity index (χ1n) is 7.17. The highest BCUT2D eigenvalue weighted by Crippen LogP contribution is 2.19. The van der Waals surface area contributed by atoms with Gasteiger partial charge in [0.2, 0.25) is 0 Å². The number of piperazine rings is 1. The molecule has 1 aromatic carbocycles. The van der Waals surface area contributed by atoms with Crippen molar-refractivity contribution in [3.63, 3.8) is 0 Å². The van der Waals surface area contributed by atoms with Crippen LogP contribution in [-0.4, -0.2) is 43.7 Å². The van der Waals surface area contributed by atoms with Gasteiger partial charge in [0, 0.05) is 42.9 Å². The van der Waals surface area contributed by atoms with Crippen LogP contribution in [0.5, 0.6) is 0 Å². The molecule has 0 aliphatic carbocycles. The minimum atomic E-state index is 0.356. The second kappa shape index (κ2) is 7.13. The average molecular weight is 282 g/mol. The van der Waals surface area contributed by atoms with Gasteiger partial charge in [-0.25, -0.2) is 0 Å². The molecule has 0 bridgehead atoms. The lowest BCUT2D eigenvalue weighted by molar-refractivity contribution is 0.247. The smallest absolute Gasteiger partial charge is 0.0407 e. The molecule has 1 atom stereocenters. The third-order valence-corrected chi connectivity index (χ3v) is 4.16. The zero-order valence-electron chi connectivity index (χ0n) is 11.7. The van der Waals surface area contributed by atoms with E-state index in [4.69, 9.17) is 17.3 Å². The molecule has 1 saturated heterocycles. The number of hydrogen-bond donors (Lipinski definition) is 1. The summed E-state index contributed by atoms with van der Waals surface area (Å²) in [6, 6.07) is 8.48. The van der Waals surface area contributed by atoms with Gasteiger partial charge < -0.3 is 10.6 Å². The largest absolute Gasteiger partial charge is 0.369 e. The molecule has 0 amide bonds. The highest BCUT2D eigenvalue weighted by Gasteiger charge is 2.17. The van der Waals surface area contributed by atoms with E-state index in [1.165, 1.54) is 5.69 Å². The summed E-state index contributed by atoms with van der Waals surface area (Å²) in [5, 5.41) is 0.802. The first kappa shape index (κ1) is 14.6. The Morgan fingerprint density at radius 1 is 1.16 bits per heavy atom. The number of rotatable bonds is 5. The Kier molecular flexibility index (Phi) is 5.49. The van der Waals surface area contributed by atoms with Crippen molar-refractivity contribution in [1.82, 2.24) is 4.90 Å². The van der Waals surface area contributed by atoms with Crippen molar-refractivity contribution >= 4 is 17.3 Å². The molecule has 106 valence electrons. The Morgan fingerprint density at radius 3 is 2.37 bits per heavy atom. The Bertz CT molecular complexity index is 371. The summed E-state index contributed by atoms with van der Waals surface area (Å²) in [5.74, 6) is 0. The molecule has 3 nitrogen and oxygen atoms in total. The van der Waals surface area contributed by atoms with Crippen LogP contribution in [0.15, 0.2) is 24.3 Å². The maximum atomic E-state index is 5.97. The minimum absolute atomic E-state index is 0.356. The Morgan fingerprint density at radius 2 is 1.79 bits per heavy atom. The van der Waals surface area contributed by atoms with Crippen LogP contribution >= 0.6 is 11.6 Å². The number of nitrogens with two attached hydrogens (primary N) is 1. The van der Waals surface area contributed by atoms with Gasteiger partial charge in [0.05, 0.1) is 0 Å². The van der Waals surface area contributed by atoms with E-state index >= 15 is 0 Å². The topological polar surface area (TPSA) is 32.5 Å². The lowest BCUT2D eigenvalue weighted by atomic mass is 10.1. The second-order valence-electron chi connectivity index (χ2n) is 5.26. The quantitative estimate of drug-likeness (QED) is 0.900. The van der Waals surface area contributed by atoms with Gasteiger partial charge in [-0.3, -0.25) is 4.90 Å². The molecule has 4 heteroatoms. The van der Waals surface area contributed by atoms with Crippen molar-refractivity contribution in [2.45, 2.75) is 25.8 Å². The number of nitrogens with zero attached hydrogens (tertiary/aromatic N) is 2. The molecule has 1 fully saturated rings. The standard InChI is InChI=1S/C15H24ClN3/c1-2-14(17)7-8-18-9-11-19(12-10-18)15-5-3-13(16)4-6-15/h3-6,14H,2,7-12,17H2,1H3. The molecule has 1 aromatic rings. The highest BCUT2D eigenvalue weighted by molar-refractivity contribution is 6.30. The van der Waals surface area contributed by atoms with Gasteiger partial charge in [-0.1, -0.05) is 18.5 Å². The molecule has 1 aliphatic heterocycles. The summed E-state index contributed by atoms with van der Waals surface area (Å²) in [6.07, 6.45) is 2.18. The molecule has 1 aliphatic rings. The fraction of sp³-hybridized carbons (Fsp3) is 0.600. The highest BCUT2D eigenvalue weighted by atomic mass is 35.5. The third kappa shape index (κ3) is 4.37. The van der Waals surface area contributed by atoms with Crippen LogP contribution in [0.2, 0.25) is 5.02 Å². The van der Waals surface area contributed by atoms with Crippen molar-refractivity contribution in [2.75, 3.05) is 37.6 Å². The predicted octanol–water partition coefficient (Wildman–Crippen LogP) is 2.59. The van der Waals surface area contributed by atoms with Gasteiger partial charge in [0.25, 0.3) is 0 Å². The molecular formula is C15H24ClN3. The van der Waals surface area contributed by atoms with Crippen LogP contribution < -0.4 is 10.6 Å². The molecule has 0 radical (unpaired) electrons. The van der Waals surface area contributed by atoms with Crippen molar-refractivity contribution in [2.24, 2.45) is 5.73 Å². The van der Waals surface area contributed by atoms with Crippen molar-refractivity contribution in [3.05, 3.63) is 29.3 Å². The molecule has 2 rings (SSSR count). The zero-order valence-corrected chi connectivity index (χ0v) is 12.4. The van der Waals surface area contributed by atoms with E-state index in [0.717, 1.165) is 50.6 Å². The normalized spacial score (nSPS) is 18.6. The predicted molar refractivity (Wildman–Crippen MR) is 83.0 cm³/mol. The molecule has 1 unspecified atom stereocenters. The summed E-state index contributed by atoms with van der Waals surface area (Å²) in [6.45, 7) is 7.71. The first-order chi connectivity index (χ1) is 9.19. The summed E-state index contributed by atoms with van der Waals surface area (Å²) in [4.78, 5) is 4.94. The van der Waals surface area contributed by atoms with Crippen LogP contribution in [0.4, 0.5) is 5.69 Å². The van der Waals surface area contributed by atoms with Crippen LogP contribution in [0, 0.1) is 0 Å². The lowest BCUT2D eigenvalue weighted by Gasteiger charge is -2.36. The molecular weight excluding hydrogens is 258 g/mol. The average Bonchev–Trinajstić information content (AvgIpc) is 2.46. The van der Waals surface area contributed by atoms with E-state index < -0.39 is 0 Å². The Hall–Kier alpha value is -0.770. The maximum absolute atomic E-state index is 5.97. The van der Waals surface area contributed by atoms with Gasteiger partial charge in [0.15, 0.2) is 0 Å². The molecule has 0 saturated carbocycles. The third-order valence-electron chi connectivity index (χ3n) is 3.90. The number of benzene rings is 1. The van der Waals surface area contributed by atoms with E-state index in [0.29, 0.717) is 6.04 Å². The van der Waals surface area contributed by atoms with Crippen molar-refractivity contribution in [1.29, 1.82) is 0 Å². The SMILES string of the molecule is CCC(N)CCN1CCN(c2ccc(Cl)cc2)CC1.